The number of furan rings is 1. The van der Waals surface area contributed by atoms with Crippen LogP contribution in [0.25, 0.3) is 91.9 Å². The number of para-hydroxylation sites is 1. The summed E-state index contributed by atoms with van der Waals surface area (Å²) in [6.45, 7) is 21.6. The van der Waals surface area contributed by atoms with Crippen molar-refractivity contribution >= 4 is 105 Å². The molecule has 4 heterocycles. The minimum atomic E-state index is -0.119. The van der Waals surface area contributed by atoms with Crippen molar-refractivity contribution in [3.63, 3.8) is 0 Å². The Labute approximate surface area is 403 Å². The van der Waals surface area contributed by atoms with Crippen molar-refractivity contribution in [2.45, 2.75) is 96.8 Å². The molecule has 1 aliphatic heterocycles. The molecule has 0 saturated heterocycles. The lowest BCUT2D eigenvalue weighted by atomic mass is 9.57. The minimum Gasteiger partial charge on any atom is -0.456 e. The zero-order valence-electron chi connectivity index (χ0n) is 40.6. The highest BCUT2D eigenvalue weighted by Gasteiger charge is 2.41. The van der Waals surface area contributed by atoms with Gasteiger partial charge in [0.25, 0.3) is 0 Å². The van der Waals surface area contributed by atoms with E-state index in [-0.39, 0.29) is 21.7 Å². The van der Waals surface area contributed by atoms with Crippen LogP contribution in [0.1, 0.15) is 103 Å². The normalized spacial score (nSPS) is 16.4. The summed E-state index contributed by atoms with van der Waals surface area (Å²) in [5.41, 5.74) is 23.1. The number of hydrogen-bond donors (Lipinski definition) is 1. The first-order chi connectivity index (χ1) is 32.6. The van der Waals surface area contributed by atoms with Gasteiger partial charge in [-0.25, -0.2) is 0 Å². The second kappa shape index (κ2) is 13.4. The Kier molecular flexibility index (Phi) is 7.96. The van der Waals surface area contributed by atoms with Gasteiger partial charge < -0.3 is 14.3 Å². The number of fused-ring (bicyclic) bond motifs is 16. The fourth-order valence-electron chi connectivity index (χ4n) is 12.9. The van der Waals surface area contributed by atoms with E-state index in [9.17, 15) is 0 Å². The van der Waals surface area contributed by atoms with Crippen LogP contribution in [0.4, 0.5) is 11.4 Å². The van der Waals surface area contributed by atoms with Gasteiger partial charge in [0, 0.05) is 69.8 Å². The Morgan fingerprint density at radius 1 is 0.603 bits per heavy atom. The summed E-state index contributed by atoms with van der Waals surface area (Å²) in [6.07, 6.45) is 2.34. The molecule has 3 aromatic heterocycles. The first-order valence-electron chi connectivity index (χ1n) is 24.7. The van der Waals surface area contributed by atoms with Gasteiger partial charge in [0.1, 0.15) is 11.2 Å². The molecule has 0 spiro atoms. The molecule has 5 heteroatoms. The zero-order valence-corrected chi connectivity index (χ0v) is 41.4. The summed E-state index contributed by atoms with van der Waals surface area (Å²) >= 11 is 1.96. The van der Waals surface area contributed by atoms with Crippen LogP contribution in [0.15, 0.2) is 138 Å². The van der Waals surface area contributed by atoms with Gasteiger partial charge in [-0.3, -0.25) is 0 Å². The lowest BCUT2D eigenvalue weighted by molar-refractivity contribution is 0.332. The molecule has 3 nitrogen and oxygen atoms in total. The monoisotopic (exact) mass is 898 g/mol. The van der Waals surface area contributed by atoms with Crippen molar-refractivity contribution in [1.82, 2.24) is 4.57 Å². The fraction of sp³-hybridized carbons (Fsp3) is 0.238. The van der Waals surface area contributed by atoms with E-state index < -0.39 is 0 Å². The summed E-state index contributed by atoms with van der Waals surface area (Å²) in [7, 11) is 0.811. The second-order valence-electron chi connectivity index (χ2n) is 23.2. The topological polar surface area (TPSA) is 30.1 Å². The van der Waals surface area contributed by atoms with Gasteiger partial charge in [-0.15, -0.1) is 11.3 Å². The van der Waals surface area contributed by atoms with E-state index in [1.165, 1.54) is 116 Å². The average Bonchev–Trinajstić information content (AvgIpc) is 4.04. The van der Waals surface area contributed by atoms with Crippen LogP contribution in [0.5, 0.6) is 0 Å². The Morgan fingerprint density at radius 2 is 1.31 bits per heavy atom. The van der Waals surface area contributed by atoms with Crippen LogP contribution >= 0.6 is 11.3 Å². The third-order valence-corrected chi connectivity index (χ3v) is 18.0. The predicted molar refractivity (Wildman–Crippen MR) is 294 cm³/mol. The Hall–Kier alpha value is -6.56. The Morgan fingerprint density at radius 3 is 2.09 bits per heavy atom. The van der Waals surface area contributed by atoms with Crippen molar-refractivity contribution < 1.29 is 4.42 Å². The number of anilines is 2. The molecular formula is C63H55BN2OS. The fourth-order valence-corrected chi connectivity index (χ4v) is 14.2. The number of benzene rings is 8. The smallest absolute Gasteiger partial charge is 0.198 e. The number of rotatable bonds is 3. The van der Waals surface area contributed by atoms with E-state index in [0.717, 1.165) is 46.2 Å². The van der Waals surface area contributed by atoms with E-state index in [2.05, 4.69) is 206 Å². The van der Waals surface area contributed by atoms with Gasteiger partial charge in [-0.1, -0.05) is 147 Å². The van der Waals surface area contributed by atoms with Gasteiger partial charge in [0.15, 0.2) is 7.28 Å². The van der Waals surface area contributed by atoms with Crippen molar-refractivity contribution in [1.29, 1.82) is 0 Å². The summed E-state index contributed by atoms with van der Waals surface area (Å²) < 4.78 is 12.2. The van der Waals surface area contributed by atoms with Crippen LogP contribution in [0, 0.1) is 0 Å². The molecule has 11 aromatic rings. The Balaban J connectivity index is 1.16. The van der Waals surface area contributed by atoms with Crippen LogP contribution < -0.4 is 16.2 Å². The van der Waals surface area contributed by atoms with Gasteiger partial charge in [-0.05, 0) is 134 Å². The summed E-state index contributed by atoms with van der Waals surface area (Å²) in [6, 6.07) is 51.0. The molecule has 14 rings (SSSR count). The molecular weight excluding hydrogens is 844 g/mol. The molecule has 8 aromatic carbocycles. The predicted octanol–water partition coefficient (Wildman–Crippen LogP) is 16.1. The molecule has 68 heavy (non-hydrogen) atoms. The third kappa shape index (κ3) is 5.43. The van der Waals surface area contributed by atoms with Crippen LogP contribution in [-0.4, -0.2) is 11.8 Å². The van der Waals surface area contributed by atoms with Gasteiger partial charge in [-0.2, -0.15) is 0 Å². The van der Waals surface area contributed by atoms with Crippen molar-refractivity contribution in [2.75, 3.05) is 5.32 Å². The van der Waals surface area contributed by atoms with Crippen LogP contribution in [0.3, 0.4) is 0 Å². The molecule has 0 amide bonds. The van der Waals surface area contributed by atoms with E-state index in [4.69, 9.17) is 4.42 Å². The van der Waals surface area contributed by atoms with Gasteiger partial charge in [0.2, 0.25) is 0 Å². The number of nitrogens with one attached hydrogen (secondary N) is 1. The van der Waals surface area contributed by atoms with Gasteiger partial charge >= 0.3 is 0 Å². The quantitative estimate of drug-likeness (QED) is 0.179. The SMILES string of the molecule is CC(C)(C)c1ccc(Nc2cc3c(cc2-c2c4c5c(c6cc7c(cc6n5-c5cc6c(cc5B4)C(C)(C)c4ccccc4-6)C(C)(C)CCC7(C)C)c4sc5ccccc5c24)oc2ccccc23)cc1. The van der Waals surface area contributed by atoms with Crippen molar-refractivity contribution in [3.8, 4) is 27.9 Å². The highest BCUT2D eigenvalue weighted by atomic mass is 32.1. The molecule has 0 atom stereocenters. The van der Waals surface area contributed by atoms with Crippen LogP contribution in [0.2, 0.25) is 0 Å². The molecule has 0 radical (unpaired) electrons. The average molecular weight is 899 g/mol. The maximum Gasteiger partial charge on any atom is 0.198 e. The molecule has 332 valence electrons. The first kappa shape index (κ1) is 40.5. The molecule has 2 aliphatic carbocycles. The maximum atomic E-state index is 6.83. The molecule has 3 aliphatic rings. The number of nitrogens with zero attached hydrogens (tertiary/aromatic N) is 1. The highest BCUT2D eigenvalue weighted by molar-refractivity contribution is 7.27. The van der Waals surface area contributed by atoms with E-state index in [1.54, 1.807) is 0 Å². The molecule has 0 saturated carbocycles. The maximum absolute atomic E-state index is 6.83. The molecule has 0 bridgehead atoms. The standard InChI is InChI=1S/C63H55BN2OS/c1-60(2,3)34-22-24-35(25-23-34)65-48-29-40-37-17-11-14-20-51(37)67-52(40)31-41(48)54-55-38-18-12-15-21-53(38)68-59(55)56-42-28-45-46(62(6,7)27-26-61(45,4)5)33-49(42)66-50-30-39-36-16-10-13-19-43(36)63(8,9)44(39)32-47(50)64-57(54)58(56)66/h10-25,28-33,64-65H,26-27H2,1-9H3. The lowest BCUT2D eigenvalue weighted by Crippen LogP contribution is -2.38. The minimum absolute atomic E-state index is 0.0552. The number of thiophene rings is 1. The van der Waals surface area contributed by atoms with E-state index >= 15 is 0 Å². The first-order valence-corrected chi connectivity index (χ1v) is 25.5. The van der Waals surface area contributed by atoms with Crippen LogP contribution in [-0.2, 0) is 21.7 Å². The Bertz CT molecular complexity index is 4030. The van der Waals surface area contributed by atoms with Gasteiger partial charge in [0.05, 0.1) is 11.0 Å². The number of aromatic nitrogens is 1. The largest absolute Gasteiger partial charge is 0.456 e. The molecule has 1 N–H and O–H groups in total. The summed E-state index contributed by atoms with van der Waals surface area (Å²) in [5.74, 6) is 0. The lowest BCUT2D eigenvalue weighted by Gasteiger charge is -2.42. The molecule has 0 unspecified atom stereocenters. The van der Waals surface area contributed by atoms with Crippen molar-refractivity contribution in [3.05, 3.63) is 161 Å². The summed E-state index contributed by atoms with van der Waals surface area (Å²) in [4.78, 5) is 0. The second-order valence-corrected chi connectivity index (χ2v) is 24.3. The highest BCUT2D eigenvalue weighted by Crippen LogP contribution is 2.55. The number of hydrogen-bond acceptors (Lipinski definition) is 3. The zero-order chi connectivity index (χ0) is 46.4. The third-order valence-electron chi connectivity index (χ3n) is 16.8. The van der Waals surface area contributed by atoms with Crippen molar-refractivity contribution in [2.24, 2.45) is 0 Å². The summed E-state index contributed by atoms with van der Waals surface area (Å²) in [5, 5.41) is 11.7. The van der Waals surface area contributed by atoms with E-state index in [1.807, 2.05) is 11.3 Å². The molecule has 0 fully saturated rings. The van der Waals surface area contributed by atoms with E-state index in [0.29, 0.717) is 0 Å².